The highest BCUT2D eigenvalue weighted by atomic mass is 32.1. The average molecular weight is 185 g/mol. The minimum atomic E-state index is 1.19. The second-order valence-electron chi connectivity index (χ2n) is 2.41. The van der Waals surface area contributed by atoms with E-state index in [1.807, 2.05) is 22.9 Å². The Labute approximate surface area is 80.0 Å². The summed E-state index contributed by atoms with van der Waals surface area (Å²) < 4.78 is 0. The van der Waals surface area contributed by atoms with Crippen LogP contribution in [0.4, 0.5) is 0 Å². The van der Waals surface area contributed by atoms with Gasteiger partial charge in [0.15, 0.2) is 0 Å². The lowest BCUT2D eigenvalue weighted by Gasteiger charge is -2.13. The molecule has 0 spiro atoms. The molecule has 0 saturated heterocycles. The van der Waals surface area contributed by atoms with Gasteiger partial charge >= 0.3 is 0 Å². The van der Waals surface area contributed by atoms with Crippen molar-refractivity contribution in [1.82, 2.24) is 4.90 Å². The van der Waals surface area contributed by atoms with Crippen molar-refractivity contribution in [2.24, 2.45) is 0 Å². The number of thiophene rings is 1. The van der Waals surface area contributed by atoms with Gasteiger partial charge in [-0.1, -0.05) is 32.9 Å². The van der Waals surface area contributed by atoms with E-state index in [2.05, 4.69) is 25.7 Å². The number of nitrogens with zero attached hydrogens (tertiary/aromatic N) is 1. The topological polar surface area (TPSA) is 3.24 Å². The van der Waals surface area contributed by atoms with Gasteiger partial charge < -0.3 is 4.90 Å². The maximum Gasteiger partial charge on any atom is -0.00474 e. The fraction of sp³-hybridized carbons (Fsp3) is 0.600. The standard InChI is InChI=1S/C6H15N.C4H4S/c1-4-7(5-2)6-3;1-2-4-5-3-1/h4-6H2,1-3H3;1-4H. The van der Waals surface area contributed by atoms with Crippen LogP contribution in [0.25, 0.3) is 0 Å². The monoisotopic (exact) mass is 185 g/mol. The molecule has 0 aliphatic heterocycles. The molecule has 1 aromatic rings. The van der Waals surface area contributed by atoms with Crippen LogP contribution in [0.3, 0.4) is 0 Å². The molecule has 0 bridgehead atoms. The maximum absolute atomic E-state index is 2.38. The van der Waals surface area contributed by atoms with E-state index < -0.39 is 0 Å². The molecule has 1 aromatic heterocycles. The zero-order chi connectivity index (χ0) is 9.23. The highest BCUT2D eigenvalue weighted by molar-refractivity contribution is 7.07. The molecule has 0 radical (unpaired) electrons. The van der Waals surface area contributed by atoms with Crippen LogP contribution in [0, 0.1) is 0 Å². The van der Waals surface area contributed by atoms with Crippen LogP contribution in [0.15, 0.2) is 22.9 Å². The van der Waals surface area contributed by atoms with Crippen molar-refractivity contribution in [1.29, 1.82) is 0 Å². The van der Waals surface area contributed by atoms with Gasteiger partial charge in [0.05, 0.1) is 0 Å². The van der Waals surface area contributed by atoms with Crippen molar-refractivity contribution in [2.75, 3.05) is 19.6 Å². The minimum absolute atomic E-state index is 1.19. The lowest BCUT2D eigenvalue weighted by atomic mass is 10.5. The van der Waals surface area contributed by atoms with Crippen molar-refractivity contribution in [3.05, 3.63) is 22.9 Å². The van der Waals surface area contributed by atoms with Crippen LogP contribution in [0.1, 0.15) is 20.8 Å². The van der Waals surface area contributed by atoms with E-state index in [0.29, 0.717) is 0 Å². The summed E-state index contributed by atoms with van der Waals surface area (Å²) in [5, 5.41) is 4.08. The van der Waals surface area contributed by atoms with Crippen LogP contribution in [0.5, 0.6) is 0 Å². The zero-order valence-corrected chi connectivity index (χ0v) is 9.10. The summed E-state index contributed by atoms with van der Waals surface area (Å²) in [6, 6.07) is 4.04. The summed E-state index contributed by atoms with van der Waals surface area (Å²) in [7, 11) is 0. The Kier molecular flexibility index (Phi) is 8.51. The molecule has 0 aliphatic rings. The molecule has 1 heterocycles. The molecular formula is C10H19NS. The second-order valence-corrected chi connectivity index (χ2v) is 3.23. The van der Waals surface area contributed by atoms with Crippen LogP contribution in [-0.4, -0.2) is 24.5 Å². The largest absolute Gasteiger partial charge is 0.304 e. The smallest absolute Gasteiger partial charge is 0.00474 e. The second kappa shape index (κ2) is 8.75. The summed E-state index contributed by atoms with van der Waals surface area (Å²) in [5.41, 5.74) is 0. The summed E-state index contributed by atoms with van der Waals surface area (Å²) >= 11 is 1.71. The zero-order valence-electron chi connectivity index (χ0n) is 8.29. The fourth-order valence-electron chi connectivity index (χ4n) is 0.898. The Morgan fingerprint density at radius 3 is 1.42 bits per heavy atom. The molecule has 1 rings (SSSR count). The van der Waals surface area contributed by atoms with E-state index in [0.717, 1.165) is 0 Å². The van der Waals surface area contributed by atoms with Gasteiger partial charge in [0.2, 0.25) is 0 Å². The first kappa shape index (κ1) is 11.7. The quantitative estimate of drug-likeness (QED) is 0.699. The third-order valence-corrected chi connectivity index (χ3v) is 2.40. The van der Waals surface area contributed by atoms with E-state index in [4.69, 9.17) is 0 Å². The third kappa shape index (κ3) is 6.38. The molecular weight excluding hydrogens is 166 g/mol. The minimum Gasteiger partial charge on any atom is -0.304 e. The van der Waals surface area contributed by atoms with Gasteiger partial charge in [-0.3, -0.25) is 0 Å². The van der Waals surface area contributed by atoms with Crippen LogP contribution in [-0.2, 0) is 0 Å². The van der Waals surface area contributed by atoms with E-state index in [1.54, 1.807) is 11.3 Å². The maximum atomic E-state index is 2.38. The average Bonchev–Trinajstić information content (AvgIpc) is 2.64. The van der Waals surface area contributed by atoms with Crippen LogP contribution >= 0.6 is 11.3 Å². The highest BCUT2D eigenvalue weighted by Crippen LogP contribution is 1.91. The van der Waals surface area contributed by atoms with Crippen molar-refractivity contribution >= 4 is 11.3 Å². The SMILES string of the molecule is CCN(CC)CC.c1ccsc1. The third-order valence-electron chi connectivity index (χ3n) is 1.77. The molecule has 0 N–H and O–H groups in total. The molecule has 1 nitrogen and oxygen atoms in total. The van der Waals surface area contributed by atoms with Crippen LogP contribution in [0.2, 0.25) is 0 Å². The molecule has 0 aromatic carbocycles. The number of hydrogen-bond donors (Lipinski definition) is 0. The van der Waals surface area contributed by atoms with Crippen molar-refractivity contribution < 1.29 is 0 Å². The Morgan fingerprint density at radius 2 is 1.33 bits per heavy atom. The summed E-state index contributed by atoms with van der Waals surface area (Å²) in [4.78, 5) is 2.38. The normalized spacial score (nSPS) is 9.33. The molecule has 70 valence electrons. The highest BCUT2D eigenvalue weighted by Gasteiger charge is 1.89. The van der Waals surface area contributed by atoms with E-state index in [-0.39, 0.29) is 0 Å². The first-order valence-corrected chi connectivity index (χ1v) is 5.48. The Bertz CT molecular complexity index is 122. The van der Waals surface area contributed by atoms with Gasteiger partial charge in [-0.05, 0) is 30.4 Å². The number of hydrogen-bond acceptors (Lipinski definition) is 2. The molecule has 0 atom stereocenters. The Morgan fingerprint density at radius 1 is 0.917 bits per heavy atom. The predicted molar refractivity (Wildman–Crippen MR) is 57.8 cm³/mol. The number of rotatable bonds is 3. The van der Waals surface area contributed by atoms with Gasteiger partial charge in [-0.15, -0.1) is 0 Å². The predicted octanol–water partition coefficient (Wildman–Crippen LogP) is 3.10. The van der Waals surface area contributed by atoms with Gasteiger partial charge in [-0.2, -0.15) is 11.3 Å². The van der Waals surface area contributed by atoms with Gasteiger partial charge in [0.1, 0.15) is 0 Å². The molecule has 0 aliphatic carbocycles. The summed E-state index contributed by atoms with van der Waals surface area (Å²) in [6.45, 7) is 10.1. The summed E-state index contributed by atoms with van der Waals surface area (Å²) in [5.74, 6) is 0. The van der Waals surface area contributed by atoms with E-state index >= 15 is 0 Å². The lowest BCUT2D eigenvalue weighted by Crippen LogP contribution is -2.21. The molecule has 0 unspecified atom stereocenters. The van der Waals surface area contributed by atoms with Crippen molar-refractivity contribution in [3.8, 4) is 0 Å². The fourth-order valence-corrected chi connectivity index (χ4v) is 1.35. The van der Waals surface area contributed by atoms with Crippen molar-refractivity contribution in [2.45, 2.75) is 20.8 Å². The van der Waals surface area contributed by atoms with Gasteiger partial charge in [0.25, 0.3) is 0 Å². The summed E-state index contributed by atoms with van der Waals surface area (Å²) in [6.07, 6.45) is 0. The molecule has 2 heteroatoms. The molecule has 12 heavy (non-hydrogen) atoms. The molecule has 0 saturated carbocycles. The Balaban J connectivity index is 0.000000211. The first-order chi connectivity index (χ1) is 5.85. The molecule has 0 amide bonds. The Hall–Kier alpha value is -0.340. The van der Waals surface area contributed by atoms with Gasteiger partial charge in [-0.25, -0.2) is 0 Å². The van der Waals surface area contributed by atoms with Gasteiger partial charge in [0, 0.05) is 0 Å². The first-order valence-electron chi connectivity index (χ1n) is 4.54. The van der Waals surface area contributed by atoms with Crippen LogP contribution < -0.4 is 0 Å². The van der Waals surface area contributed by atoms with E-state index in [9.17, 15) is 0 Å². The van der Waals surface area contributed by atoms with E-state index in [1.165, 1.54) is 19.6 Å². The lowest BCUT2D eigenvalue weighted by molar-refractivity contribution is 0.321. The molecule has 0 fully saturated rings. The van der Waals surface area contributed by atoms with Crippen molar-refractivity contribution in [3.63, 3.8) is 0 Å².